The molecular formula is C11H18N4O5S. The molecule has 10 heteroatoms. The number of carbonyl (C=O) groups is 2. The Balaban J connectivity index is 2.56. The van der Waals surface area contributed by atoms with Crippen molar-refractivity contribution in [3.63, 3.8) is 0 Å². The van der Waals surface area contributed by atoms with E-state index in [9.17, 15) is 18.0 Å². The number of aryl methyl sites for hydroxylation is 1. The van der Waals surface area contributed by atoms with E-state index >= 15 is 0 Å². The molecule has 0 aliphatic rings. The number of urea groups is 1. The molecular weight excluding hydrogens is 300 g/mol. The Morgan fingerprint density at radius 2 is 2.14 bits per heavy atom. The smallest absolute Gasteiger partial charge is 0.331 e. The lowest BCUT2D eigenvalue weighted by molar-refractivity contribution is -0.139. The van der Waals surface area contributed by atoms with Gasteiger partial charge in [0.15, 0.2) is 15.9 Å². The Morgan fingerprint density at radius 1 is 1.48 bits per heavy atom. The average molecular weight is 318 g/mol. The van der Waals surface area contributed by atoms with E-state index in [4.69, 9.17) is 5.11 Å². The Kier molecular flexibility index (Phi) is 5.70. The molecule has 118 valence electrons. The zero-order chi connectivity index (χ0) is 16.0. The highest BCUT2D eigenvalue weighted by Crippen LogP contribution is 2.11. The van der Waals surface area contributed by atoms with Gasteiger partial charge in [-0.1, -0.05) is 6.92 Å². The molecule has 0 spiro atoms. The Bertz CT molecular complexity index is 610. The second kappa shape index (κ2) is 7.07. The van der Waals surface area contributed by atoms with Gasteiger partial charge >= 0.3 is 12.0 Å². The van der Waals surface area contributed by atoms with Gasteiger partial charge in [0, 0.05) is 31.1 Å². The fraction of sp³-hybridized carbons (Fsp3) is 0.545. The van der Waals surface area contributed by atoms with Crippen LogP contribution in [0.2, 0.25) is 0 Å². The number of carboxylic acids is 1. The summed E-state index contributed by atoms with van der Waals surface area (Å²) in [6.07, 6.45) is 2.81. The van der Waals surface area contributed by atoms with Gasteiger partial charge in [0.25, 0.3) is 0 Å². The number of hydrogen-bond donors (Lipinski definition) is 3. The molecule has 0 radical (unpaired) electrons. The van der Waals surface area contributed by atoms with Crippen molar-refractivity contribution in [3.8, 4) is 0 Å². The number of carboxylic acid groups (broad SMARTS) is 1. The lowest BCUT2D eigenvalue weighted by Crippen LogP contribution is -2.42. The fourth-order valence-electron chi connectivity index (χ4n) is 1.52. The second-order valence-electron chi connectivity index (χ2n) is 4.36. The predicted octanol–water partition coefficient (Wildman–Crippen LogP) is -0.720. The zero-order valence-corrected chi connectivity index (χ0v) is 12.6. The first-order valence-electron chi connectivity index (χ1n) is 6.21. The third kappa shape index (κ3) is 5.42. The van der Waals surface area contributed by atoms with Gasteiger partial charge in [-0.2, -0.15) is 5.10 Å². The second-order valence-corrected chi connectivity index (χ2v) is 6.83. The van der Waals surface area contributed by atoms with Gasteiger partial charge in [-0.15, -0.1) is 0 Å². The van der Waals surface area contributed by atoms with Gasteiger partial charge in [-0.05, 0) is 0 Å². The van der Waals surface area contributed by atoms with Gasteiger partial charge in [-0.3, -0.25) is 4.68 Å². The summed E-state index contributed by atoms with van der Waals surface area (Å²) in [4.78, 5) is 22.8. The molecule has 0 fully saturated rings. The molecule has 21 heavy (non-hydrogen) atoms. The maximum atomic E-state index is 11.6. The number of nitrogens with zero attached hydrogens (tertiary/aromatic N) is 2. The van der Waals surface area contributed by atoms with E-state index in [0.717, 1.165) is 0 Å². The van der Waals surface area contributed by atoms with Crippen molar-refractivity contribution in [3.05, 3.63) is 18.0 Å². The number of nitrogens with one attached hydrogen (secondary N) is 2. The zero-order valence-electron chi connectivity index (χ0n) is 11.7. The monoisotopic (exact) mass is 318 g/mol. The first kappa shape index (κ1) is 17.0. The summed E-state index contributed by atoms with van der Waals surface area (Å²) < 4.78 is 23.9. The van der Waals surface area contributed by atoms with Gasteiger partial charge in [0.1, 0.15) is 0 Å². The van der Waals surface area contributed by atoms with Crippen LogP contribution in [0, 0.1) is 0 Å². The van der Waals surface area contributed by atoms with Crippen molar-refractivity contribution >= 4 is 21.8 Å². The summed E-state index contributed by atoms with van der Waals surface area (Å²) in [5.41, 5.74) is 0.321. The van der Waals surface area contributed by atoms with Crippen LogP contribution < -0.4 is 10.6 Å². The van der Waals surface area contributed by atoms with Crippen LogP contribution in [-0.4, -0.2) is 53.4 Å². The van der Waals surface area contributed by atoms with Crippen LogP contribution in [0.4, 0.5) is 4.79 Å². The van der Waals surface area contributed by atoms with Crippen LogP contribution >= 0.6 is 0 Å². The first-order valence-corrected chi connectivity index (χ1v) is 8.03. The highest BCUT2D eigenvalue weighted by atomic mass is 32.2. The van der Waals surface area contributed by atoms with Crippen LogP contribution in [0.1, 0.15) is 18.5 Å². The van der Waals surface area contributed by atoms with Gasteiger partial charge < -0.3 is 15.7 Å². The summed E-state index contributed by atoms with van der Waals surface area (Å²) in [7, 11) is -1.56. The van der Waals surface area contributed by atoms with Crippen molar-refractivity contribution in [2.75, 3.05) is 18.1 Å². The van der Waals surface area contributed by atoms with E-state index in [2.05, 4.69) is 15.7 Å². The van der Waals surface area contributed by atoms with E-state index in [1.807, 2.05) is 0 Å². The molecule has 1 heterocycles. The number of sulfone groups is 1. The predicted molar refractivity (Wildman–Crippen MR) is 74.4 cm³/mol. The van der Waals surface area contributed by atoms with Crippen molar-refractivity contribution in [1.82, 2.24) is 20.4 Å². The number of amides is 2. The normalized spacial score (nSPS) is 12.7. The molecule has 0 bridgehead atoms. The van der Waals surface area contributed by atoms with E-state index < -0.39 is 27.9 Å². The maximum Gasteiger partial charge on any atom is 0.331 e. The van der Waals surface area contributed by atoms with E-state index in [-0.39, 0.29) is 18.1 Å². The maximum absolute atomic E-state index is 11.6. The molecule has 2 amide bonds. The molecule has 1 rings (SSSR count). The van der Waals surface area contributed by atoms with Crippen molar-refractivity contribution < 1.29 is 23.1 Å². The summed E-state index contributed by atoms with van der Waals surface area (Å²) in [6, 6.07) is -2.00. The fourth-order valence-corrected chi connectivity index (χ4v) is 2.23. The van der Waals surface area contributed by atoms with Gasteiger partial charge in [0.2, 0.25) is 0 Å². The molecule has 0 saturated carbocycles. The highest BCUT2D eigenvalue weighted by Gasteiger charge is 2.23. The molecule has 1 atom stereocenters. The molecule has 0 aliphatic heterocycles. The molecule has 0 aromatic carbocycles. The highest BCUT2D eigenvalue weighted by molar-refractivity contribution is 7.91. The van der Waals surface area contributed by atoms with Crippen LogP contribution in [-0.2, 0) is 21.7 Å². The molecule has 0 aliphatic carbocycles. The quantitative estimate of drug-likeness (QED) is 0.608. The average Bonchev–Trinajstić information content (AvgIpc) is 2.81. The summed E-state index contributed by atoms with van der Waals surface area (Å²) >= 11 is 0. The number of hydrogen-bond acceptors (Lipinski definition) is 5. The topological polar surface area (TPSA) is 130 Å². The summed E-state index contributed by atoms with van der Waals surface area (Å²) in [5.74, 6) is -1.44. The third-order valence-corrected chi connectivity index (χ3v) is 4.42. The van der Waals surface area contributed by atoms with E-state index in [0.29, 0.717) is 5.56 Å². The van der Waals surface area contributed by atoms with E-state index in [1.54, 1.807) is 7.05 Å². The van der Waals surface area contributed by atoms with Gasteiger partial charge in [-0.25, -0.2) is 18.0 Å². The van der Waals surface area contributed by atoms with Crippen LogP contribution in [0.25, 0.3) is 0 Å². The van der Waals surface area contributed by atoms with Crippen LogP contribution in [0.5, 0.6) is 0 Å². The van der Waals surface area contributed by atoms with Crippen molar-refractivity contribution in [1.29, 1.82) is 0 Å². The van der Waals surface area contributed by atoms with Crippen LogP contribution in [0.15, 0.2) is 12.4 Å². The number of aromatic nitrogens is 2. The van der Waals surface area contributed by atoms with Gasteiger partial charge in [0.05, 0.1) is 11.9 Å². The number of carbonyl (C=O) groups excluding carboxylic acids is 1. The Labute approximate surface area is 122 Å². The molecule has 1 aromatic rings. The molecule has 1 unspecified atom stereocenters. The number of rotatable bonds is 7. The summed E-state index contributed by atoms with van der Waals surface area (Å²) in [6.45, 7) is 1.43. The third-order valence-electron chi connectivity index (χ3n) is 2.72. The minimum atomic E-state index is -3.18. The summed E-state index contributed by atoms with van der Waals surface area (Å²) in [5, 5.41) is 17.5. The Morgan fingerprint density at radius 3 is 2.62 bits per heavy atom. The van der Waals surface area contributed by atoms with Crippen LogP contribution in [0.3, 0.4) is 0 Å². The number of aliphatic carboxylic acids is 1. The van der Waals surface area contributed by atoms with Crippen molar-refractivity contribution in [2.24, 2.45) is 7.05 Å². The van der Waals surface area contributed by atoms with Crippen molar-refractivity contribution in [2.45, 2.75) is 13.0 Å². The molecule has 0 saturated heterocycles. The molecule has 1 aromatic heterocycles. The van der Waals surface area contributed by atoms with E-state index in [1.165, 1.54) is 24.0 Å². The first-order chi connectivity index (χ1) is 9.75. The molecule has 9 nitrogen and oxygen atoms in total. The minimum absolute atomic E-state index is 0.0102. The lowest BCUT2D eigenvalue weighted by atomic mass is 10.1. The molecule has 3 N–H and O–H groups in total. The largest absolute Gasteiger partial charge is 0.479 e. The SMILES string of the molecule is CCS(=O)(=O)CCNC(=O)NC(C(=O)O)c1cnn(C)c1. The lowest BCUT2D eigenvalue weighted by Gasteiger charge is -2.13. The standard InChI is InChI=1S/C11H18N4O5S/c1-3-21(19,20)5-4-12-11(18)14-9(10(16)17)8-6-13-15(2)7-8/h6-7,9H,3-5H2,1-2H3,(H,16,17)(H2,12,14,18). The Hall–Kier alpha value is -2.10. The minimum Gasteiger partial charge on any atom is -0.479 e.